The highest BCUT2D eigenvalue weighted by molar-refractivity contribution is 8.08. The third-order valence-electron chi connectivity index (χ3n) is 6.25. The van der Waals surface area contributed by atoms with Crippen molar-refractivity contribution in [2.24, 2.45) is 17.6 Å². The molecule has 1 aliphatic heterocycles. The number of hydrogen-bond acceptors (Lipinski definition) is 7. The van der Waals surface area contributed by atoms with E-state index in [4.69, 9.17) is 10.8 Å². The number of amides is 1. The molecule has 190 valence electrons. The molecule has 0 aromatic heterocycles. The van der Waals surface area contributed by atoms with E-state index in [1.54, 1.807) is 0 Å². The fourth-order valence-corrected chi connectivity index (χ4v) is 5.54. The first-order valence-corrected chi connectivity index (χ1v) is 12.9. The number of hydrogen-bond donors (Lipinski definition) is 6. The summed E-state index contributed by atoms with van der Waals surface area (Å²) in [7, 11) is 0. The van der Waals surface area contributed by atoms with Gasteiger partial charge < -0.3 is 21.1 Å². The number of nitrogens with one attached hydrogen (secondary N) is 2. The standard InChI is InChI=1S/C26H35N3O5S/c27-23(30)15-28-26(34)21(11-13-25(32)33)29-24(31)12-8-17-6-9-19(10-7-17)22-14-20(16-35-22)18-4-2-1-3-5-18/h1-4,6-7,9-10,14,18,20-21,24,26,28-29,31,34H,5,8,11-13,15-16H2,(H2,27,30)(H,32,33)/t18?,20?,21-,24?,26?/m0/s1. The lowest BCUT2D eigenvalue weighted by atomic mass is 9.88. The molecule has 7 N–H and O–H groups in total. The molecule has 1 aromatic carbocycles. The number of aliphatic hydroxyl groups excluding tert-OH is 2. The number of carboxylic acid groups (broad SMARTS) is 1. The normalized spacial score (nSPS) is 21.9. The Bertz CT molecular complexity index is 947. The number of aryl methyl sites for hydroxylation is 1. The molecule has 35 heavy (non-hydrogen) atoms. The van der Waals surface area contributed by atoms with E-state index in [1.165, 1.54) is 10.5 Å². The predicted octanol–water partition coefficient (Wildman–Crippen LogP) is 1.99. The topological polar surface area (TPSA) is 145 Å². The van der Waals surface area contributed by atoms with Crippen LogP contribution in [0.25, 0.3) is 4.91 Å². The fraction of sp³-hybridized carbons (Fsp3) is 0.462. The molecule has 4 unspecified atom stereocenters. The number of aliphatic hydroxyl groups is 2. The van der Waals surface area contributed by atoms with E-state index < -0.39 is 30.4 Å². The summed E-state index contributed by atoms with van der Waals surface area (Å²) in [4.78, 5) is 23.2. The zero-order valence-electron chi connectivity index (χ0n) is 19.7. The number of benzene rings is 1. The van der Waals surface area contributed by atoms with E-state index in [1.807, 2.05) is 11.8 Å². The lowest BCUT2D eigenvalue weighted by molar-refractivity contribution is -0.137. The van der Waals surface area contributed by atoms with Gasteiger partial charge in [-0.3, -0.25) is 20.2 Å². The van der Waals surface area contributed by atoms with Gasteiger partial charge in [-0.2, -0.15) is 0 Å². The van der Waals surface area contributed by atoms with Gasteiger partial charge in [-0.05, 0) is 48.6 Å². The number of carbonyl (C=O) groups excluding carboxylic acids is 1. The third-order valence-corrected chi connectivity index (χ3v) is 7.48. The van der Waals surface area contributed by atoms with Gasteiger partial charge >= 0.3 is 5.97 Å². The second-order valence-electron chi connectivity index (χ2n) is 8.97. The molecule has 5 atom stereocenters. The molecule has 0 saturated carbocycles. The molecule has 9 heteroatoms. The second-order valence-corrected chi connectivity index (χ2v) is 10.0. The van der Waals surface area contributed by atoms with Gasteiger partial charge in [-0.1, -0.05) is 54.6 Å². The van der Waals surface area contributed by atoms with Gasteiger partial charge in [0.05, 0.1) is 6.54 Å². The minimum absolute atomic E-state index is 0.0781. The van der Waals surface area contributed by atoms with Crippen molar-refractivity contribution in [3.8, 4) is 0 Å². The van der Waals surface area contributed by atoms with Crippen LogP contribution in [0.3, 0.4) is 0 Å². The molecule has 2 aliphatic rings. The maximum atomic E-state index is 10.9. The number of carbonyl (C=O) groups is 2. The van der Waals surface area contributed by atoms with Crippen molar-refractivity contribution in [1.82, 2.24) is 10.6 Å². The largest absolute Gasteiger partial charge is 0.481 e. The third kappa shape index (κ3) is 8.94. The van der Waals surface area contributed by atoms with Gasteiger partial charge in [0.2, 0.25) is 5.91 Å². The van der Waals surface area contributed by atoms with E-state index >= 15 is 0 Å². The SMILES string of the molecule is NC(=O)CNC(O)[C@H](CCC(=O)O)NC(O)CCc1ccc(C2=CC(C3C=CC=CC3)CS2)cc1. The summed E-state index contributed by atoms with van der Waals surface area (Å²) in [6, 6.07) is 7.59. The van der Waals surface area contributed by atoms with Gasteiger partial charge in [0.1, 0.15) is 12.5 Å². The quantitative estimate of drug-likeness (QED) is 0.212. The molecule has 1 aromatic rings. The van der Waals surface area contributed by atoms with E-state index in [-0.39, 0.29) is 19.4 Å². The Morgan fingerprint density at radius 3 is 2.54 bits per heavy atom. The van der Waals surface area contributed by atoms with Crippen LogP contribution < -0.4 is 16.4 Å². The Labute approximate surface area is 210 Å². The van der Waals surface area contributed by atoms with Crippen molar-refractivity contribution in [1.29, 1.82) is 0 Å². The van der Waals surface area contributed by atoms with Gasteiger partial charge in [-0.25, -0.2) is 0 Å². The average molecular weight is 502 g/mol. The molecule has 1 aliphatic carbocycles. The number of carboxylic acids is 1. The van der Waals surface area contributed by atoms with Gasteiger partial charge in [0.25, 0.3) is 0 Å². The maximum absolute atomic E-state index is 10.9. The van der Waals surface area contributed by atoms with Crippen molar-refractivity contribution in [2.75, 3.05) is 12.3 Å². The van der Waals surface area contributed by atoms with Gasteiger partial charge in [-0.15, -0.1) is 11.8 Å². The van der Waals surface area contributed by atoms with Crippen LogP contribution in [0.15, 0.2) is 54.6 Å². The average Bonchev–Trinajstić information content (AvgIpc) is 3.35. The molecule has 1 amide bonds. The summed E-state index contributed by atoms with van der Waals surface area (Å²) < 4.78 is 0. The fourth-order valence-electron chi connectivity index (χ4n) is 4.25. The first kappa shape index (κ1) is 27.2. The van der Waals surface area contributed by atoms with Crippen LogP contribution in [-0.4, -0.2) is 58.0 Å². The predicted molar refractivity (Wildman–Crippen MR) is 138 cm³/mol. The summed E-state index contributed by atoms with van der Waals surface area (Å²) in [5, 5.41) is 35.0. The number of aliphatic carboxylic acids is 1. The summed E-state index contributed by atoms with van der Waals surface area (Å²) in [6.07, 6.45) is 10.9. The zero-order valence-corrected chi connectivity index (χ0v) is 20.5. The first-order valence-electron chi connectivity index (χ1n) is 11.9. The molecule has 0 fully saturated rings. The van der Waals surface area contributed by atoms with Crippen molar-refractivity contribution in [3.63, 3.8) is 0 Å². The van der Waals surface area contributed by atoms with Crippen LogP contribution in [0.1, 0.15) is 36.8 Å². The number of thioether (sulfide) groups is 1. The monoisotopic (exact) mass is 501 g/mol. The Hall–Kier alpha value is -2.43. The minimum atomic E-state index is -1.23. The molecular formula is C26H35N3O5S. The highest BCUT2D eigenvalue weighted by Crippen LogP contribution is 2.41. The Kier molecular flexibility index (Phi) is 10.6. The molecule has 0 radical (unpaired) electrons. The molecule has 0 bridgehead atoms. The smallest absolute Gasteiger partial charge is 0.303 e. The van der Waals surface area contributed by atoms with Crippen molar-refractivity contribution in [2.45, 2.75) is 50.6 Å². The summed E-state index contributed by atoms with van der Waals surface area (Å²) in [5.74, 6) is 0.569. The van der Waals surface area contributed by atoms with Crippen LogP contribution in [0.4, 0.5) is 0 Å². The minimum Gasteiger partial charge on any atom is -0.481 e. The number of nitrogens with two attached hydrogens (primary N) is 1. The lowest BCUT2D eigenvalue weighted by Gasteiger charge is -2.27. The van der Waals surface area contributed by atoms with Crippen molar-refractivity contribution >= 4 is 28.5 Å². The molecular weight excluding hydrogens is 466 g/mol. The highest BCUT2D eigenvalue weighted by atomic mass is 32.2. The Balaban J connectivity index is 1.49. The highest BCUT2D eigenvalue weighted by Gasteiger charge is 2.25. The van der Waals surface area contributed by atoms with Crippen LogP contribution in [-0.2, 0) is 16.0 Å². The number of allylic oxidation sites excluding steroid dienone is 5. The molecule has 3 rings (SSSR count). The molecule has 8 nitrogen and oxygen atoms in total. The summed E-state index contributed by atoms with van der Waals surface area (Å²) >= 11 is 1.90. The second kappa shape index (κ2) is 13.6. The molecule has 0 spiro atoms. The summed E-state index contributed by atoms with van der Waals surface area (Å²) in [5.41, 5.74) is 7.36. The molecule has 0 saturated heterocycles. The van der Waals surface area contributed by atoms with Crippen LogP contribution in [0, 0.1) is 11.8 Å². The van der Waals surface area contributed by atoms with Gasteiger partial charge in [0, 0.05) is 23.1 Å². The number of primary amides is 1. The van der Waals surface area contributed by atoms with E-state index in [9.17, 15) is 19.8 Å². The van der Waals surface area contributed by atoms with Crippen LogP contribution >= 0.6 is 11.8 Å². The van der Waals surface area contributed by atoms with Crippen molar-refractivity contribution < 1.29 is 24.9 Å². The first-order chi connectivity index (χ1) is 16.8. The van der Waals surface area contributed by atoms with E-state index in [0.29, 0.717) is 24.7 Å². The van der Waals surface area contributed by atoms with Crippen LogP contribution in [0.5, 0.6) is 0 Å². The van der Waals surface area contributed by atoms with Crippen LogP contribution in [0.2, 0.25) is 0 Å². The van der Waals surface area contributed by atoms with E-state index in [2.05, 4.69) is 65.3 Å². The zero-order chi connectivity index (χ0) is 25.2. The molecule has 1 heterocycles. The maximum Gasteiger partial charge on any atom is 0.303 e. The lowest BCUT2D eigenvalue weighted by Crippen LogP contribution is -2.53. The summed E-state index contributed by atoms with van der Waals surface area (Å²) in [6.45, 7) is -0.251. The van der Waals surface area contributed by atoms with Crippen molar-refractivity contribution in [3.05, 3.63) is 65.8 Å². The Morgan fingerprint density at radius 2 is 1.89 bits per heavy atom. The number of rotatable bonds is 14. The van der Waals surface area contributed by atoms with E-state index in [0.717, 1.165) is 17.7 Å². The Morgan fingerprint density at radius 1 is 1.11 bits per heavy atom. The van der Waals surface area contributed by atoms with Gasteiger partial charge in [0.15, 0.2) is 0 Å².